The molecule has 146 valence electrons. The van der Waals surface area contributed by atoms with Gasteiger partial charge in [0, 0.05) is 29.5 Å². The summed E-state index contributed by atoms with van der Waals surface area (Å²) >= 11 is 0. The van der Waals surface area contributed by atoms with Gasteiger partial charge < -0.3 is 15.1 Å². The summed E-state index contributed by atoms with van der Waals surface area (Å²) < 4.78 is 18.8. The normalized spacial score (nSPS) is 15.9. The van der Waals surface area contributed by atoms with Crippen LogP contribution in [-0.4, -0.2) is 16.5 Å². The summed E-state index contributed by atoms with van der Waals surface area (Å²) in [5.74, 6) is -0.0788. The van der Waals surface area contributed by atoms with Crippen LogP contribution in [0.1, 0.15) is 43.2 Å². The molecule has 0 spiro atoms. The topological polar surface area (TPSA) is 56.4 Å². The standard InChI is InChI=1S/C22H26FN4O/c1-26-12-5-8-21-20(26)11-13-27(21)15-17-10-9-16(14-19(17)23)22(24)25-28-18-6-3-2-4-7-18/h5,8-14,18H,2-4,6-7,15H2,1H3,(H2,24,25)/q+1. The Kier molecular flexibility index (Phi) is 5.28. The Morgan fingerprint density at radius 2 is 2.07 bits per heavy atom. The van der Waals surface area contributed by atoms with Gasteiger partial charge in [0.1, 0.15) is 24.5 Å². The third-order valence-electron chi connectivity index (χ3n) is 5.47. The molecule has 0 unspecified atom stereocenters. The van der Waals surface area contributed by atoms with Crippen LogP contribution < -0.4 is 10.3 Å². The summed E-state index contributed by atoms with van der Waals surface area (Å²) in [5, 5.41) is 4.03. The van der Waals surface area contributed by atoms with Crippen LogP contribution in [0.25, 0.3) is 11.0 Å². The van der Waals surface area contributed by atoms with Crippen LogP contribution >= 0.6 is 0 Å². The highest BCUT2D eigenvalue weighted by Gasteiger charge is 2.15. The van der Waals surface area contributed by atoms with E-state index in [1.807, 2.05) is 42.2 Å². The van der Waals surface area contributed by atoms with Crippen molar-refractivity contribution >= 4 is 16.9 Å². The zero-order chi connectivity index (χ0) is 19.5. The van der Waals surface area contributed by atoms with Gasteiger partial charge in [-0.15, -0.1) is 0 Å². The second-order valence-electron chi connectivity index (χ2n) is 7.48. The first-order valence-corrected chi connectivity index (χ1v) is 9.83. The number of hydrogen-bond acceptors (Lipinski definition) is 2. The average Bonchev–Trinajstić information content (AvgIpc) is 3.13. The van der Waals surface area contributed by atoms with Crippen molar-refractivity contribution in [1.82, 2.24) is 4.57 Å². The highest BCUT2D eigenvalue weighted by atomic mass is 19.1. The van der Waals surface area contributed by atoms with Gasteiger partial charge in [-0.1, -0.05) is 23.7 Å². The number of halogens is 1. The number of aromatic nitrogens is 2. The molecule has 4 rings (SSSR count). The molecule has 3 aromatic rings. The van der Waals surface area contributed by atoms with Gasteiger partial charge in [-0.05, 0) is 37.8 Å². The molecular formula is C22H26FN4O+. The number of pyridine rings is 1. The molecule has 2 N–H and O–H groups in total. The second-order valence-corrected chi connectivity index (χ2v) is 7.48. The van der Waals surface area contributed by atoms with E-state index in [9.17, 15) is 4.39 Å². The van der Waals surface area contributed by atoms with Crippen molar-refractivity contribution in [2.75, 3.05) is 0 Å². The van der Waals surface area contributed by atoms with Crippen molar-refractivity contribution in [3.63, 3.8) is 0 Å². The predicted molar refractivity (Wildman–Crippen MR) is 107 cm³/mol. The van der Waals surface area contributed by atoms with E-state index in [-0.39, 0.29) is 17.8 Å². The molecule has 0 bridgehead atoms. The zero-order valence-corrected chi connectivity index (χ0v) is 16.1. The average molecular weight is 381 g/mol. The highest BCUT2D eigenvalue weighted by molar-refractivity contribution is 5.97. The highest BCUT2D eigenvalue weighted by Crippen LogP contribution is 2.21. The van der Waals surface area contributed by atoms with Crippen molar-refractivity contribution in [1.29, 1.82) is 0 Å². The van der Waals surface area contributed by atoms with Crippen LogP contribution in [0.15, 0.2) is 53.9 Å². The fraction of sp³-hybridized carbons (Fsp3) is 0.364. The summed E-state index contributed by atoms with van der Waals surface area (Å²) in [5.41, 5.74) is 9.33. The fourth-order valence-electron chi connectivity index (χ4n) is 3.81. The van der Waals surface area contributed by atoms with Crippen LogP contribution in [0.4, 0.5) is 4.39 Å². The zero-order valence-electron chi connectivity index (χ0n) is 16.1. The lowest BCUT2D eigenvalue weighted by Gasteiger charge is -2.19. The largest absolute Gasteiger partial charge is 0.391 e. The second kappa shape index (κ2) is 8.00. The maximum atomic E-state index is 14.7. The molecule has 28 heavy (non-hydrogen) atoms. The fourth-order valence-corrected chi connectivity index (χ4v) is 3.81. The molecule has 1 aromatic carbocycles. The molecular weight excluding hydrogens is 355 g/mol. The van der Waals surface area contributed by atoms with E-state index in [1.165, 1.54) is 12.5 Å². The van der Waals surface area contributed by atoms with Gasteiger partial charge in [0.25, 0.3) is 0 Å². The number of fused-ring (bicyclic) bond motifs is 1. The van der Waals surface area contributed by atoms with E-state index in [0.29, 0.717) is 17.7 Å². The summed E-state index contributed by atoms with van der Waals surface area (Å²) in [6.07, 6.45) is 9.69. The van der Waals surface area contributed by atoms with Crippen molar-refractivity contribution in [3.05, 3.63) is 65.7 Å². The number of hydrogen-bond donors (Lipinski definition) is 1. The summed E-state index contributed by atoms with van der Waals surface area (Å²) in [6.45, 7) is 0.454. The molecule has 1 fully saturated rings. The molecule has 2 heterocycles. The predicted octanol–water partition coefficient (Wildman–Crippen LogP) is 3.62. The van der Waals surface area contributed by atoms with Gasteiger partial charge in [0.15, 0.2) is 12.0 Å². The minimum absolute atomic E-state index is 0.125. The molecule has 1 aliphatic carbocycles. The van der Waals surface area contributed by atoms with Crippen molar-refractivity contribution in [2.24, 2.45) is 17.9 Å². The number of nitrogens with two attached hydrogens (primary N) is 1. The minimum Gasteiger partial charge on any atom is -0.391 e. The third kappa shape index (κ3) is 3.86. The van der Waals surface area contributed by atoms with Crippen LogP contribution in [0.5, 0.6) is 0 Å². The van der Waals surface area contributed by atoms with E-state index < -0.39 is 0 Å². The quantitative estimate of drug-likeness (QED) is 0.318. The van der Waals surface area contributed by atoms with Gasteiger partial charge in [0.2, 0.25) is 5.52 Å². The van der Waals surface area contributed by atoms with E-state index in [1.54, 1.807) is 12.1 Å². The molecule has 0 amide bonds. The minimum atomic E-state index is -0.296. The molecule has 6 heteroatoms. The number of aryl methyl sites for hydroxylation is 1. The van der Waals surface area contributed by atoms with Gasteiger partial charge in [-0.3, -0.25) is 0 Å². The molecule has 2 aromatic heterocycles. The van der Waals surface area contributed by atoms with Gasteiger partial charge in [-0.25, -0.2) is 4.39 Å². The lowest BCUT2D eigenvalue weighted by Crippen LogP contribution is -2.27. The Balaban J connectivity index is 1.50. The molecule has 1 aliphatic rings. The molecule has 5 nitrogen and oxygen atoms in total. The summed E-state index contributed by atoms with van der Waals surface area (Å²) in [7, 11) is 2.00. The summed E-state index contributed by atoms with van der Waals surface area (Å²) in [4.78, 5) is 5.55. The Morgan fingerprint density at radius 1 is 1.25 bits per heavy atom. The molecule has 1 saturated carbocycles. The number of benzene rings is 1. The van der Waals surface area contributed by atoms with Crippen molar-refractivity contribution < 1.29 is 13.8 Å². The van der Waals surface area contributed by atoms with Gasteiger partial charge in [0.05, 0.1) is 6.54 Å². The number of oxime groups is 1. The molecule has 0 aliphatic heterocycles. The lowest BCUT2D eigenvalue weighted by molar-refractivity contribution is -0.644. The summed E-state index contributed by atoms with van der Waals surface area (Å²) in [6, 6.07) is 11.1. The number of rotatable bonds is 5. The number of amidine groups is 1. The van der Waals surface area contributed by atoms with Crippen molar-refractivity contribution in [2.45, 2.75) is 44.8 Å². The molecule has 0 saturated heterocycles. The van der Waals surface area contributed by atoms with Crippen LogP contribution in [-0.2, 0) is 18.4 Å². The Morgan fingerprint density at radius 3 is 2.86 bits per heavy atom. The molecule has 0 radical (unpaired) electrons. The first-order chi connectivity index (χ1) is 13.6. The first kappa shape index (κ1) is 18.5. The number of nitrogens with zero attached hydrogens (tertiary/aromatic N) is 3. The van der Waals surface area contributed by atoms with Crippen LogP contribution in [0, 0.1) is 5.82 Å². The van der Waals surface area contributed by atoms with E-state index >= 15 is 0 Å². The Hall–Kier alpha value is -2.89. The van der Waals surface area contributed by atoms with E-state index in [2.05, 4.69) is 9.72 Å². The van der Waals surface area contributed by atoms with Crippen LogP contribution in [0.2, 0.25) is 0 Å². The lowest BCUT2D eigenvalue weighted by atomic mass is 9.98. The van der Waals surface area contributed by atoms with Gasteiger partial charge >= 0.3 is 0 Å². The van der Waals surface area contributed by atoms with Gasteiger partial charge in [-0.2, -0.15) is 4.57 Å². The Bertz CT molecular complexity index is 1000. The smallest absolute Gasteiger partial charge is 0.230 e. The van der Waals surface area contributed by atoms with Crippen LogP contribution in [0.3, 0.4) is 0 Å². The van der Waals surface area contributed by atoms with Crippen molar-refractivity contribution in [3.8, 4) is 0 Å². The SMILES string of the molecule is C[n+]1cccc2c1ccn2Cc1ccc(C(N)=NOC2CCCCC2)cc1F. The maximum absolute atomic E-state index is 14.7. The van der Waals surface area contributed by atoms with E-state index in [4.69, 9.17) is 10.6 Å². The monoisotopic (exact) mass is 381 g/mol. The Labute approximate surface area is 164 Å². The molecule has 0 atom stereocenters. The maximum Gasteiger partial charge on any atom is 0.230 e. The first-order valence-electron chi connectivity index (χ1n) is 9.83. The van der Waals surface area contributed by atoms with E-state index in [0.717, 1.165) is 36.7 Å². The third-order valence-corrected chi connectivity index (χ3v) is 5.47.